The highest BCUT2D eigenvalue weighted by Crippen LogP contribution is 2.22. The van der Waals surface area contributed by atoms with Crippen LogP contribution in [0.5, 0.6) is 0 Å². The average Bonchev–Trinajstić information content (AvgIpc) is 2.89. The molecule has 1 amide bonds. The molecule has 2 aromatic rings. The summed E-state index contributed by atoms with van der Waals surface area (Å²) in [6.45, 7) is 2.94. The topological polar surface area (TPSA) is 72.1 Å². The lowest BCUT2D eigenvalue weighted by atomic mass is 10.1. The highest BCUT2D eigenvalue weighted by molar-refractivity contribution is 7.99. The van der Waals surface area contributed by atoms with Crippen LogP contribution >= 0.6 is 23.4 Å². The van der Waals surface area contributed by atoms with Gasteiger partial charge in [0.1, 0.15) is 0 Å². The molecule has 0 fully saturated rings. The van der Waals surface area contributed by atoms with Gasteiger partial charge in [0.2, 0.25) is 11.8 Å². The summed E-state index contributed by atoms with van der Waals surface area (Å²) in [5.74, 6) is 0.823. The molecule has 3 rings (SSSR count). The van der Waals surface area contributed by atoms with E-state index in [1.807, 2.05) is 6.07 Å². The number of amides is 1. The van der Waals surface area contributed by atoms with Crippen LogP contribution < -0.4 is 0 Å². The zero-order chi connectivity index (χ0) is 14.8. The van der Waals surface area contributed by atoms with Crippen molar-refractivity contribution in [2.45, 2.75) is 25.1 Å². The van der Waals surface area contributed by atoms with Crippen LogP contribution in [-0.2, 0) is 17.8 Å². The van der Waals surface area contributed by atoms with E-state index in [4.69, 9.17) is 16.0 Å². The van der Waals surface area contributed by atoms with Crippen molar-refractivity contribution in [3.05, 3.63) is 34.4 Å². The first-order valence-electron chi connectivity index (χ1n) is 6.46. The minimum Gasteiger partial charge on any atom is -0.416 e. The van der Waals surface area contributed by atoms with E-state index < -0.39 is 0 Å². The number of halogens is 1. The van der Waals surface area contributed by atoms with Crippen LogP contribution in [-0.4, -0.2) is 38.3 Å². The molecule has 0 saturated heterocycles. The zero-order valence-electron chi connectivity index (χ0n) is 11.4. The summed E-state index contributed by atoms with van der Waals surface area (Å²) < 4.78 is 5.24. The summed E-state index contributed by atoms with van der Waals surface area (Å²) in [6.07, 6.45) is 2.40. The number of fused-ring (bicyclic) bond motifs is 1. The van der Waals surface area contributed by atoms with E-state index >= 15 is 0 Å². The Kier molecular flexibility index (Phi) is 4.12. The number of rotatable bonds is 3. The summed E-state index contributed by atoms with van der Waals surface area (Å²) >= 11 is 7.20. The molecule has 1 aliphatic rings. The number of carbonyl (C=O) groups is 1. The van der Waals surface area contributed by atoms with Crippen molar-refractivity contribution in [1.82, 2.24) is 20.1 Å². The number of pyridine rings is 1. The third kappa shape index (κ3) is 3.36. The molecule has 0 saturated carbocycles. The van der Waals surface area contributed by atoms with Crippen molar-refractivity contribution in [2.24, 2.45) is 0 Å². The smallest absolute Gasteiger partial charge is 0.277 e. The van der Waals surface area contributed by atoms with Crippen LogP contribution in [0.3, 0.4) is 0 Å². The minimum absolute atomic E-state index is 0.0430. The molecule has 0 aliphatic carbocycles. The highest BCUT2D eigenvalue weighted by atomic mass is 35.5. The third-order valence-electron chi connectivity index (χ3n) is 3.19. The first kappa shape index (κ1) is 14.3. The lowest BCUT2D eigenvalue weighted by Crippen LogP contribution is -2.37. The summed E-state index contributed by atoms with van der Waals surface area (Å²) in [5, 5.41) is 8.61. The summed E-state index contributed by atoms with van der Waals surface area (Å²) in [4.78, 5) is 18.3. The first-order valence-corrected chi connectivity index (χ1v) is 7.82. The van der Waals surface area contributed by atoms with Crippen molar-refractivity contribution in [3.8, 4) is 0 Å². The normalized spacial score (nSPS) is 14.1. The lowest BCUT2D eigenvalue weighted by Gasteiger charge is -2.28. The first-order chi connectivity index (χ1) is 10.1. The molecule has 0 aromatic carbocycles. The van der Waals surface area contributed by atoms with Crippen molar-refractivity contribution >= 4 is 29.3 Å². The monoisotopic (exact) mass is 324 g/mol. The third-order valence-corrected chi connectivity index (χ3v) is 4.20. The summed E-state index contributed by atoms with van der Waals surface area (Å²) in [7, 11) is 0. The second kappa shape index (κ2) is 6.03. The molecular weight excluding hydrogens is 312 g/mol. The van der Waals surface area contributed by atoms with Gasteiger partial charge in [0, 0.05) is 38.3 Å². The van der Waals surface area contributed by atoms with Crippen molar-refractivity contribution in [3.63, 3.8) is 0 Å². The van der Waals surface area contributed by atoms with Crippen LogP contribution in [0.15, 0.2) is 21.9 Å². The number of hydrogen-bond acceptors (Lipinski definition) is 6. The van der Waals surface area contributed by atoms with E-state index in [2.05, 4.69) is 15.2 Å². The second-order valence-electron chi connectivity index (χ2n) is 4.70. The van der Waals surface area contributed by atoms with Gasteiger partial charge in [-0.2, -0.15) is 0 Å². The molecule has 110 valence electrons. The molecule has 2 aromatic heterocycles. The Hall–Kier alpha value is -1.60. The fourth-order valence-electron chi connectivity index (χ4n) is 2.16. The Morgan fingerprint density at radius 1 is 1.52 bits per heavy atom. The fraction of sp³-hybridized carbons (Fsp3) is 0.385. The Labute approximate surface area is 130 Å². The number of nitrogens with zero attached hydrogens (tertiary/aromatic N) is 4. The van der Waals surface area contributed by atoms with Gasteiger partial charge in [-0.25, -0.2) is 0 Å². The number of carbonyl (C=O) groups excluding carboxylic acids is 1. The summed E-state index contributed by atoms with van der Waals surface area (Å²) in [5.41, 5.74) is 2.03. The van der Waals surface area contributed by atoms with Gasteiger partial charge in [0.25, 0.3) is 5.22 Å². The van der Waals surface area contributed by atoms with Gasteiger partial charge in [-0.15, -0.1) is 10.2 Å². The minimum atomic E-state index is 0.0430. The van der Waals surface area contributed by atoms with E-state index in [0.717, 1.165) is 17.7 Å². The highest BCUT2D eigenvalue weighted by Gasteiger charge is 2.22. The predicted molar refractivity (Wildman–Crippen MR) is 78.1 cm³/mol. The van der Waals surface area contributed by atoms with Crippen LogP contribution in [0.2, 0.25) is 5.02 Å². The lowest BCUT2D eigenvalue weighted by molar-refractivity contribution is -0.129. The quantitative estimate of drug-likeness (QED) is 0.805. The van der Waals surface area contributed by atoms with Gasteiger partial charge in [0.15, 0.2) is 0 Å². The maximum absolute atomic E-state index is 12.2. The molecule has 21 heavy (non-hydrogen) atoms. The second-order valence-corrected chi connectivity index (χ2v) is 6.06. The van der Waals surface area contributed by atoms with Gasteiger partial charge in [-0.1, -0.05) is 23.4 Å². The maximum Gasteiger partial charge on any atom is 0.277 e. The van der Waals surface area contributed by atoms with Gasteiger partial charge in [-0.3, -0.25) is 9.78 Å². The van der Waals surface area contributed by atoms with E-state index in [1.165, 1.54) is 11.8 Å². The largest absolute Gasteiger partial charge is 0.416 e. The van der Waals surface area contributed by atoms with Crippen LogP contribution in [0.1, 0.15) is 17.1 Å². The number of aryl methyl sites for hydroxylation is 1. The Morgan fingerprint density at radius 3 is 3.14 bits per heavy atom. The van der Waals surface area contributed by atoms with E-state index in [1.54, 1.807) is 18.0 Å². The molecule has 3 heterocycles. The number of aromatic nitrogens is 3. The van der Waals surface area contributed by atoms with Gasteiger partial charge >= 0.3 is 0 Å². The molecule has 0 spiro atoms. The van der Waals surface area contributed by atoms with E-state index in [0.29, 0.717) is 29.2 Å². The molecule has 1 aliphatic heterocycles. The van der Waals surface area contributed by atoms with Gasteiger partial charge in [-0.05, 0) is 11.6 Å². The Balaban J connectivity index is 1.61. The Bertz CT molecular complexity index is 676. The maximum atomic E-state index is 12.2. The average molecular weight is 325 g/mol. The Morgan fingerprint density at radius 2 is 2.38 bits per heavy atom. The predicted octanol–water partition coefficient (Wildman–Crippen LogP) is 2.10. The van der Waals surface area contributed by atoms with E-state index in [-0.39, 0.29) is 11.7 Å². The molecule has 6 nitrogen and oxygen atoms in total. The van der Waals surface area contributed by atoms with Crippen LogP contribution in [0, 0.1) is 6.92 Å². The molecule has 0 N–H and O–H groups in total. The zero-order valence-corrected chi connectivity index (χ0v) is 12.9. The molecule has 8 heteroatoms. The number of hydrogen-bond donors (Lipinski definition) is 0. The van der Waals surface area contributed by atoms with Crippen LogP contribution in [0.4, 0.5) is 0 Å². The molecule has 0 atom stereocenters. The van der Waals surface area contributed by atoms with Crippen molar-refractivity contribution < 1.29 is 9.21 Å². The van der Waals surface area contributed by atoms with Crippen LogP contribution in [0.25, 0.3) is 0 Å². The van der Waals surface area contributed by atoms with Crippen molar-refractivity contribution in [1.29, 1.82) is 0 Å². The van der Waals surface area contributed by atoms with E-state index in [9.17, 15) is 4.79 Å². The standard InChI is InChI=1S/C13H13ClN4O2S/c1-8-16-17-13(20-8)21-7-12(19)18-3-2-11-9(6-18)4-10(14)5-15-11/h4-5H,2-3,6-7H2,1H3. The fourth-order valence-corrected chi connectivity index (χ4v) is 3.05. The van der Waals surface area contributed by atoms with Gasteiger partial charge < -0.3 is 9.32 Å². The molecule has 0 bridgehead atoms. The van der Waals surface area contributed by atoms with Crippen molar-refractivity contribution in [2.75, 3.05) is 12.3 Å². The molecule has 0 radical (unpaired) electrons. The number of thioether (sulfide) groups is 1. The molecular formula is C13H13ClN4O2S. The SMILES string of the molecule is Cc1nnc(SCC(=O)N2CCc3ncc(Cl)cc3C2)o1. The summed E-state index contributed by atoms with van der Waals surface area (Å²) in [6, 6.07) is 1.87. The van der Waals surface area contributed by atoms with Gasteiger partial charge in [0.05, 0.1) is 10.8 Å². The molecule has 0 unspecified atom stereocenters.